The van der Waals surface area contributed by atoms with Crippen LogP contribution in [0.2, 0.25) is 0 Å². The van der Waals surface area contributed by atoms with Gasteiger partial charge < -0.3 is 43.8 Å². The Balaban J connectivity index is 1.52. The highest BCUT2D eigenvalue weighted by atomic mass is 32.1. The van der Waals surface area contributed by atoms with Gasteiger partial charge in [-0.05, 0) is 60.7 Å². The fourth-order valence-electron chi connectivity index (χ4n) is 5.30. The van der Waals surface area contributed by atoms with E-state index < -0.39 is 67.4 Å². The summed E-state index contributed by atoms with van der Waals surface area (Å²) >= 11 is 5.53. The first-order valence-corrected chi connectivity index (χ1v) is 16.9. The summed E-state index contributed by atoms with van der Waals surface area (Å²) < 4.78 is 40.5. The quantitative estimate of drug-likeness (QED) is 0.0768. The van der Waals surface area contributed by atoms with E-state index in [0.29, 0.717) is 0 Å². The monoisotopic (exact) mass is 742 g/mol. The highest BCUT2D eigenvalue weighted by molar-refractivity contribution is 7.80. The number of hydrogen-bond donors (Lipinski definition) is 2. The lowest BCUT2D eigenvalue weighted by molar-refractivity contribution is -0.0986. The Labute approximate surface area is 311 Å². The van der Waals surface area contributed by atoms with Crippen molar-refractivity contribution in [2.24, 2.45) is 0 Å². The zero-order valence-corrected chi connectivity index (χ0v) is 29.6. The van der Waals surface area contributed by atoms with Gasteiger partial charge in [-0.2, -0.15) is 0 Å². The maximum absolute atomic E-state index is 13.6. The number of esters is 4. The molecule has 4 aromatic carbocycles. The molecule has 0 aliphatic carbocycles. The molecule has 0 saturated carbocycles. The van der Waals surface area contributed by atoms with Gasteiger partial charge in [0.25, 0.3) is 0 Å². The van der Waals surface area contributed by atoms with Gasteiger partial charge in [0.1, 0.15) is 12.7 Å². The Bertz CT molecular complexity index is 1810. The summed E-state index contributed by atoms with van der Waals surface area (Å²) in [7, 11) is 2.92. The number of methoxy groups -OCH3 is 2. The number of carbonyl (C=O) groups excluding carboxylic acids is 4. The van der Waals surface area contributed by atoms with Crippen LogP contribution in [0.4, 0.5) is 0 Å². The van der Waals surface area contributed by atoms with E-state index in [1.807, 2.05) is 0 Å². The van der Waals surface area contributed by atoms with Crippen LogP contribution in [0.3, 0.4) is 0 Å². The van der Waals surface area contributed by atoms with Gasteiger partial charge in [-0.3, -0.25) is 0 Å². The summed E-state index contributed by atoms with van der Waals surface area (Å²) in [6.45, 7) is -0.406. The van der Waals surface area contributed by atoms with Gasteiger partial charge >= 0.3 is 23.9 Å². The van der Waals surface area contributed by atoms with E-state index in [2.05, 4.69) is 10.6 Å². The van der Waals surface area contributed by atoms with Gasteiger partial charge in [-0.25, -0.2) is 19.2 Å². The molecule has 0 bridgehead atoms. The normalized spacial score (nSPS) is 18.3. The van der Waals surface area contributed by atoms with E-state index in [-0.39, 0.29) is 33.9 Å². The van der Waals surface area contributed by atoms with Crippen LogP contribution >= 0.6 is 12.2 Å². The van der Waals surface area contributed by atoms with Gasteiger partial charge in [-0.15, -0.1) is 0 Å². The molecule has 0 aromatic heterocycles. The molecule has 4 aromatic rings. The second-order valence-electron chi connectivity index (χ2n) is 11.5. The molecule has 0 radical (unpaired) electrons. The lowest BCUT2D eigenvalue weighted by atomic mass is 10.0. The molecule has 0 unspecified atom stereocenters. The minimum atomic E-state index is -1.44. The number of carbonyl (C=O) groups is 4. The molecule has 13 nitrogen and oxygen atoms in total. The van der Waals surface area contributed by atoms with Crippen molar-refractivity contribution in [1.82, 2.24) is 10.6 Å². The molecule has 1 aliphatic heterocycles. The van der Waals surface area contributed by atoms with Crippen molar-refractivity contribution in [3.05, 3.63) is 144 Å². The molecule has 2 N–H and O–H groups in total. The van der Waals surface area contributed by atoms with Crippen molar-refractivity contribution in [2.45, 2.75) is 36.9 Å². The largest absolute Gasteiger partial charge is 0.458 e. The van der Waals surface area contributed by atoms with Crippen LogP contribution in [0.15, 0.2) is 121 Å². The van der Waals surface area contributed by atoms with Crippen molar-refractivity contribution < 1.29 is 52.3 Å². The molecule has 1 aliphatic rings. The smallest absolute Gasteiger partial charge is 0.338 e. The Hall–Kier alpha value is -5.67. The molecule has 0 amide bonds. The molecule has 276 valence electrons. The maximum Gasteiger partial charge on any atom is 0.338 e. The van der Waals surface area contributed by atoms with E-state index in [9.17, 15) is 19.2 Å². The molecule has 1 saturated heterocycles. The first kappa shape index (κ1) is 38.6. The summed E-state index contributed by atoms with van der Waals surface area (Å²) in [4.78, 5) is 53.8. The van der Waals surface area contributed by atoms with Gasteiger partial charge in [0, 0.05) is 14.2 Å². The maximum atomic E-state index is 13.6. The van der Waals surface area contributed by atoms with E-state index >= 15 is 0 Å². The predicted octanol–water partition coefficient (Wildman–Crippen LogP) is 4.33. The van der Waals surface area contributed by atoms with E-state index in [0.717, 1.165) is 0 Å². The highest BCUT2D eigenvalue weighted by Crippen LogP contribution is 2.31. The predicted molar refractivity (Wildman–Crippen MR) is 194 cm³/mol. The first-order chi connectivity index (χ1) is 25.8. The third kappa shape index (κ3) is 10.7. The summed E-state index contributed by atoms with van der Waals surface area (Å²) in [6, 6.07) is 32.6. The summed E-state index contributed by atoms with van der Waals surface area (Å²) in [5.74, 6) is -3.04. The first-order valence-electron chi connectivity index (χ1n) is 16.5. The van der Waals surface area contributed by atoms with Crippen LogP contribution in [0.5, 0.6) is 0 Å². The Morgan fingerprint density at radius 1 is 0.642 bits per heavy atom. The molecule has 5 rings (SSSR count). The van der Waals surface area contributed by atoms with Gasteiger partial charge in [0.05, 0.1) is 28.8 Å². The van der Waals surface area contributed by atoms with Crippen molar-refractivity contribution >= 4 is 41.2 Å². The van der Waals surface area contributed by atoms with E-state index in [1.165, 1.54) is 14.2 Å². The lowest BCUT2D eigenvalue weighted by Gasteiger charge is -2.28. The second kappa shape index (κ2) is 19.2. The Morgan fingerprint density at radius 3 is 1.55 bits per heavy atom. The number of rotatable bonds is 15. The fourth-order valence-corrected chi connectivity index (χ4v) is 5.50. The SMILES string of the molecule is COC(CNC(=S)N[C@@H]1O[C@@H]([C@@H](COC(=O)c2ccccc2)OC(=O)c2ccccc2)[C@H](OC(=O)c2ccccc2)[C@H]1OC(=O)c1ccccc1)OC. The van der Waals surface area contributed by atoms with E-state index in [1.54, 1.807) is 121 Å². The third-order valence-electron chi connectivity index (χ3n) is 8.01. The van der Waals surface area contributed by atoms with Crippen LogP contribution in [-0.2, 0) is 33.2 Å². The zero-order valence-electron chi connectivity index (χ0n) is 28.8. The fraction of sp³-hybridized carbons (Fsp3) is 0.256. The lowest BCUT2D eigenvalue weighted by Crippen LogP contribution is -2.51. The molecular formula is C39H38N2O11S. The molecule has 53 heavy (non-hydrogen) atoms. The Kier molecular flexibility index (Phi) is 14.0. The minimum absolute atomic E-state index is 0.0389. The minimum Gasteiger partial charge on any atom is -0.458 e. The topological polar surface area (TPSA) is 157 Å². The van der Waals surface area contributed by atoms with Gasteiger partial charge in [0.2, 0.25) is 0 Å². The van der Waals surface area contributed by atoms with Crippen molar-refractivity contribution in [3.63, 3.8) is 0 Å². The highest BCUT2D eigenvalue weighted by Gasteiger charge is 2.54. The van der Waals surface area contributed by atoms with Gasteiger partial charge in [0.15, 0.2) is 35.9 Å². The average molecular weight is 743 g/mol. The third-order valence-corrected chi connectivity index (χ3v) is 8.27. The van der Waals surface area contributed by atoms with Crippen LogP contribution in [-0.4, -0.2) is 93.3 Å². The molecule has 5 atom stereocenters. The average Bonchev–Trinajstić information content (AvgIpc) is 3.52. The molecule has 1 fully saturated rings. The van der Waals surface area contributed by atoms with Gasteiger partial charge in [-0.1, -0.05) is 72.8 Å². The van der Waals surface area contributed by atoms with Crippen molar-refractivity contribution in [3.8, 4) is 0 Å². The molecule has 1 heterocycles. The number of nitrogens with one attached hydrogen (secondary N) is 2. The van der Waals surface area contributed by atoms with Crippen LogP contribution < -0.4 is 10.6 Å². The number of thiocarbonyl (C=S) groups is 1. The molecule has 0 spiro atoms. The number of ether oxygens (including phenoxy) is 7. The summed E-state index contributed by atoms with van der Waals surface area (Å²) in [5.41, 5.74) is 0.832. The van der Waals surface area contributed by atoms with Crippen molar-refractivity contribution in [1.29, 1.82) is 0 Å². The standard InChI is InChI=1S/C39H38N2O11S/c1-46-30(47-2)23-40-39(53)41-34-33(52-38(45)28-21-13-6-14-22-28)32(51-37(44)27-19-11-5-12-20-27)31(50-34)29(49-36(43)26-17-9-4-10-18-26)24-48-35(42)25-15-7-3-8-16-25/h3-22,29-34H,23-24H2,1-2H3,(H2,40,41,53)/t29-,31+,32+,33-,34-/m1/s1. The van der Waals surface area contributed by atoms with Crippen LogP contribution in [0, 0.1) is 0 Å². The van der Waals surface area contributed by atoms with Crippen LogP contribution in [0.25, 0.3) is 0 Å². The Morgan fingerprint density at radius 2 is 1.08 bits per heavy atom. The van der Waals surface area contributed by atoms with Crippen molar-refractivity contribution in [2.75, 3.05) is 27.4 Å². The molecule has 14 heteroatoms. The summed E-state index contributed by atoms with van der Waals surface area (Å²) in [5, 5.41) is 5.94. The van der Waals surface area contributed by atoms with Crippen LogP contribution in [0.1, 0.15) is 41.4 Å². The van der Waals surface area contributed by atoms with E-state index in [4.69, 9.17) is 45.4 Å². The number of benzene rings is 4. The summed E-state index contributed by atoms with van der Waals surface area (Å²) in [6.07, 6.45) is -7.54. The molecular weight excluding hydrogens is 704 g/mol. The zero-order chi connectivity index (χ0) is 37.6. The number of hydrogen-bond acceptors (Lipinski definition) is 12. The second-order valence-corrected chi connectivity index (χ2v) is 11.9.